The van der Waals surface area contributed by atoms with Gasteiger partial charge < -0.3 is 10.8 Å². The van der Waals surface area contributed by atoms with Gasteiger partial charge in [-0.15, -0.1) is 12.3 Å². The number of hydrogen-bond acceptors (Lipinski definition) is 3. The zero-order chi connectivity index (χ0) is 8.20. The van der Waals surface area contributed by atoms with Crippen molar-refractivity contribution in [2.45, 2.75) is 12.0 Å². The lowest BCUT2D eigenvalue weighted by atomic mass is 10.0. The lowest BCUT2D eigenvalue weighted by Gasteiger charge is -2.18. The number of nitrogens with two attached hydrogens (primary N) is 1. The summed E-state index contributed by atoms with van der Waals surface area (Å²) >= 11 is 3.77. The van der Waals surface area contributed by atoms with Gasteiger partial charge >= 0.3 is 5.97 Å². The van der Waals surface area contributed by atoms with E-state index in [0.717, 1.165) is 0 Å². The lowest BCUT2D eigenvalue weighted by Crippen LogP contribution is -2.49. The molecule has 0 aromatic rings. The van der Waals surface area contributed by atoms with Crippen LogP contribution in [0.5, 0.6) is 0 Å². The van der Waals surface area contributed by atoms with Crippen LogP contribution in [0.25, 0.3) is 0 Å². The van der Waals surface area contributed by atoms with Crippen LogP contribution in [0.1, 0.15) is 6.42 Å². The van der Waals surface area contributed by atoms with E-state index in [1.165, 1.54) is 0 Å². The second kappa shape index (κ2) is 3.49. The second-order valence-electron chi connectivity index (χ2n) is 2.00. The van der Waals surface area contributed by atoms with Gasteiger partial charge in [0, 0.05) is 12.2 Å². The lowest BCUT2D eigenvalue weighted by molar-refractivity contribution is -0.142. The molecule has 0 aliphatic carbocycles. The number of rotatable bonds is 3. The molecule has 0 saturated carbocycles. The Labute approximate surface area is 65.0 Å². The van der Waals surface area contributed by atoms with E-state index in [1.807, 2.05) is 0 Å². The zero-order valence-corrected chi connectivity index (χ0v) is 6.27. The van der Waals surface area contributed by atoms with Crippen LogP contribution in [0.4, 0.5) is 0 Å². The number of carboxylic acids is 1. The Bertz CT molecular complexity index is 175. The molecule has 3 N–H and O–H groups in total. The SMILES string of the molecule is C#CC[C@](N)(CS)C(=O)O. The van der Waals surface area contributed by atoms with Gasteiger partial charge in [-0.05, 0) is 0 Å². The minimum atomic E-state index is -1.36. The second-order valence-corrected chi connectivity index (χ2v) is 2.32. The molecule has 0 bridgehead atoms. The van der Waals surface area contributed by atoms with Crippen LogP contribution >= 0.6 is 12.6 Å². The number of thiol groups is 1. The van der Waals surface area contributed by atoms with E-state index in [9.17, 15) is 4.79 Å². The number of terminal acetylenes is 1. The molecular formula is C6H9NO2S. The Hall–Kier alpha value is -0.660. The highest BCUT2D eigenvalue weighted by Crippen LogP contribution is 2.07. The average Bonchev–Trinajstić information content (AvgIpc) is 1.88. The molecule has 0 fully saturated rings. The highest BCUT2D eigenvalue weighted by molar-refractivity contribution is 7.80. The summed E-state index contributed by atoms with van der Waals surface area (Å²) < 4.78 is 0. The first-order valence-corrected chi connectivity index (χ1v) is 3.26. The summed E-state index contributed by atoms with van der Waals surface area (Å²) in [5, 5.41) is 8.49. The molecule has 3 nitrogen and oxygen atoms in total. The van der Waals surface area contributed by atoms with Gasteiger partial charge in [0.05, 0.1) is 0 Å². The summed E-state index contributed by atoms with van der Waals surface area (Å²) in [5.41, 5.74) is 3.97. The van der Waals surface area contributed by atoms with Gasteiger partial charge in [0.25, 0.3) is 0 Å². The van der Waals surface area contributed by atoms with Crippen molar-refractivity contribution in [1.82, 2.24) is 0 Å². The Morgan fingerprint density at radius 2 is 2.40 bits per heavy atom. The first-order valence-electron chi connectivity index (χ1n) is 2.63. The van der Waals surface area contributed by atoms with E-state index in [4.69, 9.17) is 17.3 Å². The molecule has 10 heavy (non-hydrogen) atoms. The Balaban J connectivity index is 4.26. The molecule has 0 saturated heterocycles. The van der Waals surface area contributed by atoms with Crippen molar-refractivity contribution in [2.24, 2.45) is 5.73 Å². The van der Waals surface area contributed by atoms with Crippen molar-refractivity contribution >= 4 is 18.6 Å². The van der Waals surface area contributed by atoms with Gasteiger partial charge in [-0.25, -0.2) is 0 Å². The average molecular weight is 159 g/mol. The van der Waals surface area contributed by atoms with Crippen molar-refractivity contribution < 1.29 is 9.90 Å². The maximum absolute atomic E-state index is 10.4. The summed E-state index contributed by atoms with van der Waals surface area (Å²) in [6.07, 6.45) is 4.91. The van der Waals surface area contributed by atoms with Crippen LogP contribution in [0.15, 0.2) is 0 Å². The van der Waals surface area contributed by atoms with Crippen LogP contribution in [0, 0.1) is 12.3 Å². The fraction of sp³-hybridized carbons (Fsp3) is 0.500. The van der Waals surface area contributed by atoms with Crippen molar-refractivity contribution in [3.05, 3.63) is 0 Å². The number of hydrogen-bond donors (Lipinski definition) is 3. The van der Waals surface area contributed by atoms with Gasteiger partial charge in [-0.2, -0.15) is 12.6 Å². The van der Waals surface area contributed by atoms with E-state index in [1.54, 1.807) is 0 Å². The maximum atomic E-state index is 10.4. The fourth-order valence-electron chi connectivity index (χ4n) is 0.381. The molecule has 4 heteroatoms. The predicted molar refractivity (Wildman–Crippen MR) is 41.9 cm³/mol. The van der Waals surface area contributed by atoms with Crippen LogP contribution < -0.4 is 5.73 Å². The van der Waals surface area contributed by atoms with Gasteiger partial charge in [0.15, 0.2) is 0 Å². The summed E-state index contributed by atoms with van der Waals surface area (Å²) in [6.45, 7) is 0. The van der Waals surface area contributed by atoms with Crippen molar-refractivity contribution in [3.8, 4) is 12.3 Å². The molecule has 0 unspecified atom stereocenters. The van der Waals surface area contributed by atoms with Gasteiger partial charge in [-0.1, -0.05) is 0 Å². The minimum Gasteiger partial charge on any atom is -0.480 e. The standard InChI is InChI=1S/C6H9NO2S/c1-2-3-6(7,4-10)5(8)9/h1,10H,3-4,7H2,(H,8,9)/t6-/m0/s1. The first-order chi connectivity index (χ1) is 4.56. The number of carbonyl (C=O) groups is 1. The van der Waals surface area contributed by atoms with E-state index >= 15 is 0 Å². The summed E-state index contributed by atoms with van der Waals surface area (Å²) in [6, 6.07) is 0. The zero-order valence-electron chi connectivity index (χ0n) is 5.37. The molecule has 0 rings (SSSR count). The number of carboxylic acid groups (broad SMARTS) is 1. The van der Waals surface area contributed by atoms with Crippen LogP contribution in [0.2, 0.25) is 0 Å². The minimum absolute atomic E-state index is 0.00579. The van der Waals surface area contributed by atoms with Crippen molar-refractivity contribution in [1.29, 1.82) is 0 Å². The van der Waals surface area contributed by atoms with Crippen LogP contribution in [-0.4, -0.2) is 22.4 Å². The van der Waals surface area contributed by atoms with Crippen LogP contribution in [0.3, 0.4) is 0 Å². The fourth-order valence-corrected chi connectivity index (χ4v) is 0.628. The molecule has 0 aromatic carbocycles. The van der Waals surface area contributed by atoms with Gasteiger partial charge in [0.1, 0.15) is 5.54 Å². The Morgan fingerprint density at radius 3 is 2.50 bits per heavy atom. The molecule has 0 aliphatic heterocycles. The first kappa shape index (κ1) is 9.34. The summed E-state index contributed by atoms with van der Waals surface area (Å²) in [4.78, 5) is 10.4. The summed E-state index contributed by atoms with van der Waals surface area (Å²) in [7, 11) is 0. The van der Waals surface area contributed by atoms with E-state index in [-0.39, 0.29) is 12.2 Å². The van der Waals surface area contributed by atoms with Crippen molar-refractivity contribution in [2.75, 3.05) is 5.75 Å². The van der Waals surface area contributed by atoms with Crippen molar-refractivity contribution in [3.63, 3.8) is 0 Å². The van der Waals surface area contributed by atoms with E-state index in [2.05, 4.69) is 18.5 Å². The predicted octanol–water partition coefficient (Wildman–Crippen LogP) is -0.278. The Kier molecular flexibility index (Phi) is 3.26. The molecule has 0 aliphatic rings. The molecule has 0 amide bonds. The van der Waals surface area contributed by atoms with Crippen LogP contribution in [-0.2, 0) is 4.79 Å². The Morgan fingerprint density at radius 1 is 1.90 bits per heavy atom. The third-order valence-electron chi connectivity index (χ3n) is 1.13. The molecule has 0 heterocycles. The highest BCUT2D eigenvalue weighted by atomic mass is 32.1. The van der Waals surface area contributed by atoms with Gasteiger partial charge in [0.2, 0.25) is 0 Å². The molecule has 1 atom stereocenters. The third kappa shape index (κ3) is 1.94. The normalized spacial score (nSPS) is 15.3. The molecule has 0 spiro atoms. The third-order valence-corrected chi connectivity index (χ3v) is 1.69. The topological polar surface area (TPSA) is 63.3 Å². The largest absolute Gasteiger partial charge is 0.480 e. The molecule has 0 radical (unpaired) electrons. The summed E-state index contributed by atoms with van der Waals surface area (Å²) in [5.74, 6) is 1.12. The molecule has 56 valence electrons. The van der Waals surface area contributed by atoms with E-state index < -0.39 is 11.5 Å². The van der Waals surface area contributed by atoms with Gasteiger partial charge in [-0.3, -0.25) is 4.79 Å². The maximum Gasteiger partial charge on any atom is 0.325 e. The quantitative estimate of drug-likeness (QED) is 0.392. The highest BCUT2D eigenvalue weighted by Gasteiger charge is 2.31. The number of aliphatic carboxylic acids is 1. The smallest absolute Gasteiger partial charge is 0.325 e. The van der Waals surface area contributed by atoms with E-state index in [0.29, 0.717) is 0 Å². The molecular weight excluding hydrogens is 150 g/mol. The monoisotopic (exact) mass is 159 g/mol. The molecule has 0 aromatic heterocycles.